The summed E-state index contributed by atoms with van der Waals surface area (Å²) in [6.07, 6.45) is 7.76. The molecule has 0 saturated heterocycles. The van der Waals surface area contributed by atoms with Crippen LogP contribution in [0.4, 0.5) is 0 Å². The summed E-state index contributed by atoms with van der Waals surface area (Å²) in [4.78, 5) is 9.78. The highest BCUT2D eigenvalue weighted by Gasteiger charge is 2.06. The van der Waals surface area contributed by atoms with Gasteiger partial charge in [-0.05, 0) is 31.3 Å². The Morgan fingerprint density at radius 2 is 1.73 bits per heavy atom. The van der Waals surface area contributed by atoms with E-state index in [9.17, 15) is 10.1 Å². The zero-order chi connectivity index (χ0) is 8.10. The van der Waals surface area contributed by atoms with Crippen molar-refractivity contribution in [2.24, 2.45) is 0 Å². The molecule has 0 radical (unpaired) electrons. The first-order valence-electron chi connectivity index (χ1n) is 4.12. The summed E-state index contributed by atoms with van der Waals surface area (Å²) < 4.78 is 0. The van der Waals surface area contributed by atoms with Gasteiger partial charge in [-0.2, -0.15) is 0 Å². The fourth-order valence-corrected chi connectivity index (χ4v) is 1.46. The molecule has 0 spiro atoms. The SMILES string of the molecule is O=[N+]([O-])C=C1CCCCCC1. The number of allylic oxidation sites excluding steroid dienone is 1. The Kier molecular flexibility index (Phi) is 3.08. The minimum atomic E-state index is -0.333. The second-order valence-corrected chi connectivity index (χ2v) is 2.99. The van der Waals surface area contributed by atoms with Crippen molar-refractivity contribution in [3.05, 3.63) is 21.9 Å². The molecule has 3 nitrogen and oxygen atoms in total. The number of hydrogen-bond donors (Lipinski definition) is 0. The number of hydrogen-bond acceptors (Lipinski definition) is 2. The molecule has 0 aliphatic heterocycles. The van der Waals surface area contributed by atoms with E-state index in [0.29, 0.717) is 0 Å². The lowest BCUT2D eigenvalue weighted by molar-refractivity contribution is -0.403. The zero-order valence-corrected chi connectivity index (χ0v) is 6.58. The topological polar surface area (TPSA) is 43.1 Å². The number of nitrogens with zero attached hydrogens (tertiary/aromatic N) is 1. The van der Waals surface area contributed by atoms with E-state index in [1.165, 1.54) is 19.0 Å². The smallest absolute Gasteiger partial charge is 0.233 e. The van der Waals surface area contributed by atoms with Gasteiger partial charge in [-0.15, -0.1) is 0 Å². The summed E-state index contributed by atoms with van der Waals surface area (Å²) >= 11 is 0. The van der Waals surface area contributed by atoms with Gasteiger partial charge in [0.05, 0.1) is 4.92 Å². The van der Waals surface area contributed by atoms with Gasteiger partial charge in [0.2, 0.25) is 6.20 Å². The maximum absolute atomic E-state index is 10.1. The molecule has 0 N–H and O–H groups in total. The Morgan fingerprint density at radius 3 is 2.18 bits per heavy atom. The first kappa shape index (κ1) is 8.24. The summed E-state index contributed by atoms with van der Waals surface area (Å²) in [5.41, 5.74) is 1.02. The molecule has 0 bridgehead atoms. The van der Waals surface area contributed by atoms with Gasteiger partial charge in [0.15, 0.2) is 0 Å². The fraction of sp³-hybridized carbons (Fsp3) is 0.750. The van der Waals surface area contributed by atoms with E-state index < -0.39 is 0 Å². The van der Waals surface area contributed by atoms with Gasteiger partial charge in [-0.25, -0.2) is 0 Å². The molecule has 0 atom stereocenters. The van der Waals surface area contributed by atoms with E-state index in [1.54, 1.807) is 0 Å². The molecule has 0 unspecified atom stereocenters. The predicted octanol–water partition coefficient (Wildman–Crippen LogP) is 2.50. The van der Waals surface area contributed by atoms with Gasteiger partial charge >= 0.3 is 0 Å². The molecular formula is C8H13NO2. The Balaban J connectivity index is 2.48. The van der Waals surface area contributed by atoms with E-state index in [2.05, 4.69) is 0 Å². The summed E-state index contributed by atoms with van der Waals surface area (Å²) in [6.45, 7) is 0. The third-order valence-electron chi connectivity index (χ3n) is 2.03. The molecule has 0 aromatic carbocycles. The minimum absolute atomic E-state index is 0.333. The van der Waals surface area contributed by atoms with Gasteiger partial charge in [-0.3, -0.25) is 10.1 Å². The van der Waals surface area contributed by atoms with Gasteiger partial charge in [0, 0.05) is 0 Å². The molecule has 62 valence electrons. The largest absolute Gasteiger partial charge is 0.259 e. The average Bonchev–Trinajstić information content (AvgIpc) is 2.14. The van der Waals surface area contributed by atoms with Crippen molar-refractivity contribution in [1.82, 2.24) is 0 Å². The van der Waals surface area contributed by atoms with Crippen molar-refractivity contribution < 1.29 is 4.92 Å². The number of nitro groups is 1. The fourth-order valence-electron chi connectivity index (χ4n) is 1.46. The molecule has 11 heavy (non-hydrogen) atoms. The van der Waals surface area contributed by atoms with Crippen LogP contribution < -0.4 is 0 Å². The Labute approximate surface area is 66.3 Å². The monoisotopic (exact) mass is 155 g/mol. The summed E-state index contributed by atoms with van der Waals surface area (Å²) in [5.74, 6) is 0. The molecule has 0 amide bonds. The quantitative estimate of drug-likeness (QED) is 0.331. The Morgan fingerprint density at radius 1 is 1.18 bits per heavy atom. The highest BCUT2D eigenvalue weighted by molar-refractivity contribution is 4.98. The van der Waals surface area contributed by atoms with Crippen molar-refractivity contribution >= 4 is 0 Å². The molecule has 1 aliphatic rings. The van der Waals surface area contributed by atoms with Crippen molar-refractivity contribution in [3.8, 4) is 0 Å². The van der Waals surface area contributed by atoms with E-state index in [1.807, 2.05) is 0 Å². The van der Waals surface area contributed by atoms with Crippen molar-refractivity contribution in [1.29, 1.82) is 0 Å². The van der Waals surface area contributed by atoms with Crippen molar-refractivity contribution in [3.63, 3.8) is 0 Å². The second-order valence-electron chi connectivity index (χ2n) is 2.99. The van der Waals surface area contributed by atoms with Crippen LogP contribution in [0, 0.1) is 10.1 Å². The molecule has 0 heterocycles. The summed E-state index contributed by atoms with van der Waals surface area (Å²) in [7, 11) is 0. The molecule has 1 saturated carbocycles. The highest BCUT2D eigenvalue weighted by atomic mass is 16.6. The zero-order valence-electron chi connectivity index (χ0n) is 6.58. The maximum Gasteiger partial charge on any atom is 0.233 e. The maximum atomic E-state index is 10.1. The first-order valence-corrected chi connectivity index (χ1v) is 4.12. The van der Waals surface area contributed by atoms with Crippen LogP contribution in [-0.4, -0.2) is 4.92 Å². The van der Waals surface area contributed by atoms with Crippen LogP contribution in [0.2, 0.25) is 0 Å². The molecule has 0 aromatic heterocycles. The van der Waals surface area contributed by atoms with Gasteiger partial charge < -0.3 is 0 Å². The van der Waals surface area contributed by atoms with Crippen molar-refractivity contribution in [2.45, 2.75) is 38.5 Å². The second kappa shape index (κ2) is 4.11. The summed E-state index contributed by atoms with van der Waals surface area (Å²) in [5, 5.41) is 10.1. The molecule has 3 heteroatoms. The van der Waals surface area contributed by atoms with Crippen LogP contribution in [-0.2, 0) is 0 Å². The molecule has 1 rings (SSSR count). The lowest BCUT2D eigenvalue weighted by atomic mass is 10.1. The van der Waals surface area contributed by atoms with Crippen LogP contribution in [0.1, 0.15) is 38.5 Å². The van der Waals surface area contributed by atoms with E-state index in [4.69, 9.17) is 0 Å². The predicted molar refractivity (Wildman–Crippen MR) is 42.8 cm³/mol. The highest BCUT2D eigenvalue weighted by Crippen LogP contribution is 2.21. The lowest BCUT2D eigenvalue weighted by Crippen LogP contribution is -1.89. The summed E-state index contributed by atoms with van der Waals surface area (Å²) in [6, 6.07) is 0. The third-order valence-corrected chi connectivity index (χ3v) is 2.03. The Hall–Kier alpha value is -0.860. The van der Waals surface area contributed by atoms with Gasteiger partial charge in [-0.1, -0.05) is 12.8 Å². The molecular weight excluding hydrogens is 142 g/mol. The van der Waals surface area contributed by atoms with Crippen LogP contribution in [0.3, 0.4) is 0 Å². The number of rotatable bonds is 1. The van der Waals surface area contributed by atoms with Crippen LogP contribution in [0.5, 0.6) is 0 Å². The standard InChI is InChI=1S/C8H13NO2/c10-9(11)7-8-5-3-1-2-4-6-8/h7H,1-6H2. The molecule has 1 aliphatic carbocycles. The molecule has 0 aromatic rings. The van der Waals surface area contributed by atoms with E-state index in [0.717, 1.165) is 31.3 Å². The molecule has 1 fully saturated rings. The van der Waals surface area contributed by atoms with Crippen LogP contribution in [0.15, 0.2) is 11.8 Å². The Bertz CT molecular complexity index is 165. The minimum Gasteiger partial charge on any atom is -0.259 e. The normalized spacial score (nSPS) is 19.1. The first-order chi connectivity index (χ1) is 5.29. The lowest BCUT2D eigenvalue weighted by Gasteiger charge is -1.95. The van der Waals surface area contributed by atoms with Gasteiger partial charge in [0.1, 0.15) is 0 Å². The van der Waals surface area contributed by atoms with Crippen LogP contribution in [0.25, 0.3) is 0 Å². The average molecular weight is 155 g/mol. The van der Waals surface area contributed by atoms with E-state index >= 15 is 0 Å². The third kappa shape index (κ3) is 3.16. The van der Waals surface area contributed by atoms with Crippen LogP contribution >= 0.6 is 0 Å². The van der Waals surface area contributed by atoms with E-state index in [-0.39, 0.29) is 4.92 Å². The van der Waals surface area contributed by atoms with Gasteiger partial charge in [0.25, 0.3) is 0 Å². The van der Waals surface area contributed by atoms with Crippen molar-refractivity contribution in [2.75, 3.05) is 0 Å².